The van der Waals surface area contributed by atoms with E-state index in [4.69, 9.17) is 4.74 Å². The Morgan fingerprint density at radius 1 is 0.946 bits per heavy atom. The SMILES string of the molecule is COC(=O)c1cc(C(=O)NCCCCc2ccccc2)cc(C2N(c3ccccc3)C(=O)CS2(=O)=O)c1. The molecule has 0 bridgehead atoms. The fourth-order valence-corrected chi connectivity index (χ4v) is 6.15. The number of unbranched alkanes of at least 4 members (excludes halogenated alkanes) is 1. The summed E-state index contributed by atoms with van der Waals surface area (Å²) in [6, 6.07) is 22.6. The van der Waals surface area contributed by atoms with Gasteiger partial charge in [0, 0.05) is 17.8 Å². The lowest BCUT2D eigenvalue weighted by molar-refractivity contribution is -0.115. The van der Waals surface area contributed by atoms with Gasteiger partial charge in [-0.15, -0.1) is 0 Å². The second-order valence-corrected chi connectivity index (χ2v) is 10.9. The number of rotatable bonds is 9. The van der Waals surface area contributed by atoms with Crippen LogP contribution in [0, 0.1) is 0 Å². The van der Waals surface area contributed by atoms with Crippen LogP contribution in [-0.2, 0) is 25.8 Å². The van der Waals surface area contributed by atoms with E-state index in [1.165, 1.54) is 35.8 Å². The Bertz CT molecular complexity index is 1390. The molecule has 3 aromatic carbocycles. The Kier molecular flexibility index (Phi) is 8.03. The maximum absolute atomic E-state index is 13.1. The lowest BCUT2D eigenvalue weighted by atomic mass is 10.0. The second kappa shape index (κ2) is 11.4. The Hall–Kier alpha value is -3.98. The maximum atomic E-state index is 13.1. The summed E-state index contributed by atoms with van der Waals surface area (Å²) in [5.74, 6) is -2.41. The summed E-state index contributed by atoms with van der Waals surface area (Å²) in [6.07, 6.45) is 2.52. The minimum atomic E-state index is -3.94. The minimum Gasteiger partial charge on any atom is -0.465 e. The van der Waals surface area contributed by atoms with E-state index in [0.29, 0.717) is 12.2 Å². The van der Waals surface area contributed by atoms with E-state index >= 15 is 0 Å². The van der Waals surface area contributed by atoms with Gasteiger partial charge in [0.05, 0.1) is 12.7 Å². The average Bonchev–Trinajstić information content (AvgIpc) is 3.16. The van der Waals surface area contributed by atoms with Crippen molar-refractivity contribution < 1.29 is 27.5 Å². The van der Waals surface area contributed by atoms with Crippen LogP contribution in [0.1, 0.15) is 50.1 Å². The molecule has 2 amide bonds. The van der Waals surface area contributed by atoms with Crippen molar-refractivity contribution in [2.24, 2.45) is 0 Å². The molecule has 0 saturated carbocycles. The first-order valence-corrected chi connectivity index (χ1v) is 13.7. The number of para-hydroxylation sites is 1. The number of aryl methyl sites for hydroxylation is 1. The van der Waals surface area contributed by atoms with Crippen LogP contribution in [0.4, 0.5) is 5.69 Å². The molecule has 1 unspecified atom stereocenters. The van der Waals surface area contributed by atoms with E-state index < -0.39 is 38.7 Å². The number of anilines is 1. The molecule has 4 rings (SSSR count). The molecule has 3 aromatic rings. The van der Waals surface area contributed by atoms with Gasteiger partial charge in [-0.05, 0) is 60.7 Å². The molecule has 37 heavy (non-hydrogen) atoms. The predicted molar refractivity (Wildman–Crippen MR) is 140 cm³/mol. The number of amides is 2. The number of ether oxygens (including phenoxy) is 1. The van der Waals surface area contributed by atoms with Gasteiger partial charge in [-0.2, -0.15) is 0 Å². The monoisotopic (exact) mass is 520 g/mol. The van der Waals surface area contributed by atoms with E-state index in [0.717, 1.165) is 19.3 Å². The average molecular weight is 521 g/mol. The third-order valence-electron chi connectivity index (χ3n) is 6.15. The molecule has 0 spiro atoms. The molecule has 192 valence electrons. The van der Waals surface area contributed by atoms with Crippen LogP contribution in [-0.4, -0.2) is 45.6 Å². The van der Waals surface area contributed by atoms with Crippen LogP contribution in [0.3, 0.4) is 0 Å². The summed E-state index contributed by atoms with van der Waals surface area (Å²) < 4.78 is 31.0. The van der Waals surface area contributed by atoms with Gasteiger partial charge in [-0.1, -0.05) is 48.5 Å². The summed E-state index contributed by atoms with van der Waals surface area (Å²) in [4.78, 5) is 39.3. The molecule has 1 atom stereocenters. The summed E-state index contributed by atoms with van der Waals surface area (Å²) in [5, 5.41) is 1.47. The lowest BCUT2D eigenvalue weighted by Crippen LogP contribution is -2.30. The van der Waals surface area contributed by atoms with E-state index in [9.17, 15) is 22.8 Å². The third kappa shape index (κ3) is 6.06. The summed E-state index contributed by atoms with van der Waals surface area (Å²) >= 11 is 0. The molecule has 9 heteroatoms. The first-order valence-electron chi connectivity index (χ1n) is 11.9. The van der Waals surface area contributed by atoms with Gasteiger partial charge in [-0.25, -0.2) is 13.2 Å². The van der Waals surface area contributed by atoms with Gasteiger partial charge in [0.15, 0.2) is 15.2 Å². The Balaban J connectivity index is 1.57. The van der Waals surface area contributed by atoms with Crippen molar-refractivity contribution in [3.63, 3.8) is 0 Å². The van der Waals surface area contributed by atoms with Crippen molar-refractivity contribution in [1.29, 1.82) is 0 Å². The number of esters is 1. The fourth-order valence-electron chi connectivity index (χ4n) is 4.40. The third-order valence-corrected chi connectivity index (χ3v) is 7.96. The maximum Gasteiger partial charge on any atom is 0.337 e. The number of carbonyl (C=O) groups is 3. The first-order chi connectivity index (χ1) is 17.8. The molecule has 1 saturated heterocycles. The quantitative estimate of drug-likeness (QED) is 0.340. The lowest BCUT2D eigenvalue weighted by Gasteiger charge is -2.24. The van der Waals surface area contributed by atoms with Crippen molar-refractivity contribution in [1.82, 2.24) is 5.32 Å². The Morgan fingerprint density at radius 2 is 1.59 bits per heavy atom. The number of nitrogens with zero attached hydrogens (tertiary/aromatic N) is 1. The number of hydrogen-bond donors (Lipinski definition) is 1. The number of carbonyl (C=O) groups excluding carboxylic acids is 3. The van der Waals surface area contributed by atoms with E-state index in [2.05, 4.69) is 17.4 Å². The normalized spacial score (nSPS) is 16.4. The van der Waals surface area contributed by atoms with Crippen LogP contribution in [0.5, 0.6) is 0 Å². The molecular formula is C28H28N2O6S. The Morgan fingerprint density at radius 3 is 2.27 bits per heavy atom. The molecule has 8 nitrogen and oxygen atoms in total. The van der Waals surface area contributed by atoms with Gasteiger partial charge >= 0.3 is 5.97 Å². The highest BCUT2D eigenvalue weighted by Gasteiger charge is 2.46. The van der Waals surface area contributed by atoms with Crippen molar-refractivity contribution in [3.05, 3.63) is 101 Å². The summed E-state index contributed by atoms with van der Waals surface area (Å²) in [7, 11) is -2.73. The van der Waals surface area contributed by atoms with Crippen LogP contribution in [0.25, 0.3) is 0 Å². The highest BCUT2D eigenvalue weighted by atomic mass is 32.2. The fraction of sp³-hybridized carbons (Fsp3) is 0.250. The zero-order valence-electron chi connectivity index (χ0n) is 20.4. The van der Waals surface area contributed by atoms with Gasteiger partial charge in [0.1, 0.15) is 5.75 Å². The number of methoxy groups -OCH3 is 1. The molecule has 1 N–H and O–H groups in total. The van der Waals surface area contributed by atoms with Gasteiger partial charge in [-0.3, -0.25) is 14.5 Å². The van der Waals surface area contributed by atoms with Crippen molar-refractivity contribution in [2.45, 2.75) is 24.6 Å². The number of sulfone groups is 1. The number of hydrogen-bond acceptors (Lipinski definition) is 6. The molecule has 1 heterocycles. The van der Waals surface area contributed by atoms with E-state index in [-0.39, 0.29) is 16.7 Å². The predicted octanol–water partition coefficient (Wildman–Crippen LogP) is 3.69. The van der Waals surface area contributed by atoms with E-state index in [1.54, 1.807) is 30.3 Å². The zero-order chi connectivity index (χ0) is 26.4. The van der Waals surface area contributed by atoms with Crippen molar-refractivity contribution in [2.75, 3.05) is 24.3 Å². The number of benzene rings is 3. The molecule has 0 aliphatic carbocycles. The largest absolute Gasteiger partial charge is 0.465 e. The molecule has 1 fully saturated rings. The first kappa shape index (κ1) is 26.1. The highest BCUT2D eigenvalue weighted by Crippen LogP contribution is 2.38. The summed E-state index contributed by atoms with van der Waals surface area (Å²) in [6.45, 7) is 0.416. The molecule has 0 aromatic heterocycles. The van der Waals surface area contributed by atoms with Crippen LogP contribution in [0.2, 0.25) is 0 Å². The van der Waals surface area contributed by atoms with Crippen LogP contribution >= 0.6 is 0 Å². The summed E-state index contributed by atoms with van der Waals surface area (Å²) in [5.41, 5.74) is 1.91. The second-order valence-electron chi connectivity index (χ2n) is 8.79. The molecule has 1 aliphatic rings. The van der Waals surface area contributed by atoms with Gasteiger partial charge < -0.3 is 10.1 Å². The molecular weight excluding hydrogens is 492 g/mol. The topological polar surface area (TPSA) is 110 Å². The minimum absolute atomic E-state index is 0.0248. The van der Waals surface area contributed by atoms with E-state index in [1.807, 2.05) is 18.2 Å². The molecule has 0 radical (unpaired) electrons. The van der Waals surface area contributed by atoms with Gasteiger partial charge in [0.25, 0.3) is 5.91 Å². The van der Waals surface area contributed by atoms with Crippen LogP contribution in [0.15, 0.2) is 78.9 Å². The zero-order valence-corrected chi connectivity index (χ0v) is 21.2. The van der Waals surface area contributed by atoms with Gasteiger partial charge in [0.2, 0.25) is 5.91 Å². The highest BCUT2D eigenvalue weighted by molar-refractivity contribution is 7.93. The molecule has 1 aliphatic heterocycles. The van der Waals surface area contributed by atoms with Crippen molar-refractivity contribution in [3.8, 4) is 0 Å². The standard InChI is InChI=1S/C28H28N2O6S/c1-36-28(33)23-17-21(26(32)29-15-9-8-12-20-10-4-2-5-11-20)16-22(18-23)27-30(24-13-6-3-7-14-24)25(31)19-37(27,34)35/h2-7,10-11,13-14,16-18,27H,8-9,12,15,19H2,1H3,(H,29,32). The number of nitrogens with one attached hydrogen (secondary N) is 1. The van der Waals surface area contributed by atoms with Crippen LogP contribution < -0.4 is 10.2 Å². The van der Waals surface area contributed by atoms with Crippen molar-refractivity contribution >= 4 is 33.3 Å². The Labute approximate surface area is 216 Å². The smallest absolute Gasteiger partial charge is 0.337 e.